The number of aliphatic hydroxyl groups is 1. The van der Waals surface area contributed by atoms with Crippen molar-refractivity contribution in [2.24, 2.45) is 0 Å². The highest BCUT2D eigenvalue weighted by molar-refractivity contribution is 5.86. The maximum absolute atomic E-state index is 12.7. The molecule has 1 saturated heterocycles. The Balaban J connectivity index is 2.45. The van der Waals surface area contributed by atoms with E-state index in [1.165, 1.54) is 0 Å². The average molecular weight is 236 g/mol. The number of nitrogens with one attached hydrogen (secondary N) is 2. The van der Waals surface area contributed by atoms with Crippen molar-refractivity contribution in [3.63, 3.8) is 0 Å². The number of carbonyl (C=O) groups is 1. The topological polar surface area (TPSA) is 61.4 Å². The Morgan fingerprint density at radius 2 is 2.25 bits per heavy atom. The highest BCUT2D eigenvalue weighted by atomic mass is 19.3. The van der Waals surface area contributed by atoms with Gasteiger partial charge in [0.15, 0.2) is 0 Å². The minimum absolute atomic E-state index is 0.430. The van der Waals surface area contributed by atoms with E-state index in [9.17, 15) is 13.6 Å². The largest absolute Gasteiger partial charge is 0.390 e. The number of piperidine rings is 1. The summed E-state index contributed by atoms with van der Waals surface area (Å²) in [5.74, 6) is -3.68. The third-order valence-corrected chi connectivity index (χ3v) is 2.86. The summed E-state index contributed by atoms with van der Waals surface area (Å²) in [5.41, 5.74) is -0.760. The van der Waals surface area contributed by atoms with Gasteiger partial charge in [-0.1, -0.05) is 0 Å². The van der Waals surface area contributed by atoms with E-state index in [4.69, 9.17) is 5.11 Å². The zero-order chi connectivity index (χ0) is 12.2. The summed E-state index contributed by atoms with van der Waals surface area (Å²) in [5, 5.41) is 13.6. The Morgan fingerprint density at radius 1 is 1.56 bits per heavy atom. The fourth-order valence-electron chi connectivity index (χ4n) is 1.71. The molecule has 1 heterocycles. The first-order valence-corrected chi connectivity index (χ1v) is 5.42. The molecule has 4 nitrogen and oxygen atoms in total. The van der Waals surface area contributed by atoms with E-state index in [-0.39, 0.29) is 0 Å². The van der Waals surface area contributed by atoms with Crippen LogP contribution < -0.4 is 10.6 Å². The molecular formula is C10H18F2N2O2. The molecule has 1 rings (SSSR count). The number of halogens is 2. The highest BCUT2D eigenvalue weighted by Crippen LogP contribution is 2.19. The lowest BCUT2D eigenvalue weighted by Crippen LogP contribution is -2.58. The summed E-state index contributed by atoms with van der Waals surface area (Å²) in [7, 11) is 0. The van der Waals surface area contributed by atoms with Crippen LogP contribution in [0, 0.1) is 0 Å². The van der Waals surface area contributed by atoms with Crippen molar-refractivity contribution in [3.05, 3.63) is 0 Å². The maximum Gasteiger partial charge on any atom is 0.287 e. The Morgan fingerprint density at radius 3 is 2.75 bits per heavy atom. The summed E-state index contributed by atoms with van der Waals surface area (Å²) in [6, 6.07) is 0. The normalized spacial score (nSPS) is 26.5. The Labute approximate surface area is 93.4 Å². The van der Waals surface area contributed by atoms with Gasteiger partial charge in [-0.05, 0) is 32.7 Å². The second kappa shape index (κ2) is 5.05. The molecular weight excluding hydrogens is 218 g/mol. The standard InChI is InChI=1S/C10H18F2N2O2/c1-9(4-2-3-5-14-9)8(16)13-6-10(11,12)7-15/h14-15H,2-7H2,1H3,(H,13,16). The molecule has 0 aromatic rings. The predicted molar refractivity (Wildman–Crippen MR) is 55.3 cm³/mol. The molecule has 0 aromatic heterocycles. The second-order valence-corrected chi connectivity index (χ2v) is 4.41. The van der Waals surface area contributed by atoms with Gasteiger partial charge in [0.25, 0.3) is 5.92 Å². The number of hydrogen-bond donors (Lipinski definition) is 3. The van der Waals surface area contributed by atoms with Gasteiger partial charge in [-0.2, -0.15) is 0 Å². The van der Waals surface area contributed by atoms with Gasteiger partial charge in [0, 0.05) is 0 Å². The van der Waals surface area contributed by atoms with Gasteiger partial charge in [0.1, 0.15) is 6.61 Å². The highest BCUT2D eigenvalue weighted by Gasteiger charge is 2.36. The molecule has 1 aliphatic heterocycles. The van der Waals surface area contributed by atoms with E-state index in [2.05, 4.69) is 10.6 Å². The first-order valence-electron chi connectivity index (χ1n) is 5.42. The van der Waals surface area contributed by atoms with Crippen molar-refractivity contribution in [1.29, 1.82) is 0 Å². The van der Waals surface area contributed by atoms with Crippen LogP contribution in [-0.4, -0.2) is 42.2 Å². The van der Waals surface area contributed by atoms with Crippen LogP contribution >= 0.6 is 0 Å². The Kier molecular flexibility index (Phi) is 4.21. The van der Waals surface area contributed by atoms with E-state index in [1.807, 2.05) is 0 Å². The lowest BCUT2D eigenvalue weighted by atomic mass is 9.90. The first kappa shape index (κ1) is 13.3. The van der Waals surface area contributed by atoms with Crippen molar-refractivity contribution in [3.8, 4) is 0 Å². The maximum atomic E-state index is 12.7. The number of rotatable bonds is 4. The molecule has 1 fully saturated rings. The molecule has 16 heavy (non-hydrogen) atoms. The zero-order valence-corrected chi connectivity index (χ0v) is 9.35. The SMILES string of the molecule is CC1(C(=O)NCC(F)(F)CO)CCCCN1. The van der Waals surface area contributed by atoms with Gasteiger partial charge in [0.2, 0.25) is 5.91 Å². The number of amides is 1. The first-order chi connectivity index (χ1) is 7.40. The molecule has 94 valence electrons. The van der Waals surface area contributed by atoms with Crippen LogP contribution in [0.4, 0.5) is 8.78 Å². The molecule has 0 spiro atoms. The molecule has 6 heteroatoms. The summed E-state index contributed by atoms with van der Waals surface area (Å²) < 4.78 is 25.4. The molecule has 0 bridgehead atoms. The number of alkyl halides is 2. The van der Waals surface area contributed by atoms with Crippen molar-refractivity contribution < 1.29 is 18.7 Å². The van der Waals surface area contributed by atoms with E-state index in [0.29, 0.717) is 6.42 Å². The van der Waals surface area contributed by atoms with Crippen molar-refractivity contribution in [2.75, 3.05) is 19.7 Å². The monoisotopic (exact) mass is 236 g/mol. The van der Waals surface area contributed by atoms with Gasteiger partial charge < -0.3 is 15.7 Å². The fourth-order valence-corrected chi connectivity index (χ4v) is 1.71. The minimum Gasteiger partial charge on any atom is -0.390 e. The summed E-state index contributed by atoms with van der Waals surface area (Å²) in [6.07, 6.45) is 2.55. The minimum atomic E-state index is -3.25. The molecule has 0 saturated carbocycles. The van der Waals surface area contributed by atoms with Gasteiger partial charge >= 0.3 is 0 Å². The lowest BCUT2D eigenvalue weighted by Gasteiger charge is -2.33. The third kappa shape index (κ3) is 3.38. The van der Waals surface area contributed by atoms with Crippen LogP contribution in [0.15, 0.2) is 0 Å². The smallest absolute Gasteiger partial charge is 0.287 e. The van der Waals surface area contributed by atoms with Crippen LogP contribution in [0.2, 0.25) is 0 Å². The quantitative estimate of drug-likeness (QED) is 0.656. The van der Waals surface area contributed by atoms with Crippen LogP contribution in [0.25, 0.3) is 0 Å². The number of aliphatic hydroxyl groups excluding tert-OH is 1. The average Bonchev–Trinajstić information content (AvgIpc) is 2.27. The molecule has 1 aliphatic rings. The predicted octanol–water partition coefficient (Wildman–Crippen LogP) is 0.262. The third-order valence-electron chi connectivity index (χ3n) is 2.86. The van der Waals surface area contributed by atoms with Crippen molar-refractivity contribution >= 4 is 5.91 Å². The van der Waals surface area contributed by atoms with Crippen LogP contribution in [0.3, 0.4) is 0 Å². The van der Waals surface area contributed by atoms with Crippen molar-refractivity contribution in [2.45, 2.75) is 37.6 Å². The second-order valence-electron chi connectivity index (χ2n) is 4.41. The molecule has 0 aliphatic carbocycles. The fraction of sp³-hybridized carbons (Fsp3) is 0.900. The Bertz CT molecular complexity index is 253. The lowest BCUT2D eigenvalue weighted by molar-refractivity contribution is -0.130. The van der Waals surface area contributed by atoms with Gasteiger partial charge in [-0.25, -0.2) is 8.78 Å². The Hall–Kier alpha value is -0.750. The molecule has 0 radical (unpaired) electrons. The van der Waals surface area contributed by atoms with E-state index in [0.717, 1.165) is 19.4 Å². The zero-order valence-electron chi connectivity index (χ0n) is 9.35. The summed E-state index contributed by atoms with van der Waals surface area (Å²) >= 11 is 0. The van der Waals surface area contributed by atoms with E-state index < -0.39 is 30.5 Å². The number of carbonyl (C=O) groups excluding carboxylic acids is 1. The van der Waals surface area contributed by atoms with Crippen molar-refractivity contribution in [1.82, 2.24) is 10.6 Å². The van der Waals surface area contributed by atoms with Crippen LogP contribution in [0.5, 0.6) is 0 Å². The van der Waals surface area contributed by atoms with Gasteiger partial charge in [0.05, 0.1) is 12.1 Å². The molecule has 1 unspecified atom stereocenters. The summed E-state index contributed by atoms with van der Waals surface area (Å²) in [6.45, 7) is 0.357. The molecule has 0 aromatic carbocycles. The van der Waals surface area contributed by atoms with Gasteiger partial charge in [-0.3, -0.25) is 4.79 Å². The van der Waals surface area contributed by atoms with E-state index >= 15 is 0 Å². The van der Waals surface area contributed by atoms with Gasteiger partial charge in [-0.15, -0.1) is 0 Å². The number of hydrogen-bond acceptors (Lipinski definition) is 3. The molecule has 1 atom stereocenters. The molecule has 3 N–H and O–H groups in total. The summed E-state index contributed by atoms with van der Waals surface area (Å²) in [4.78, 5) is 11.7. The van der Waals surface area contributed by atoms with Crippen LogP contribution in [0.1, 0.15) is 26.2 Å². The van der Waals surface area contributed by atoms with Crippen LogP contribution in [-0.2, 0) is 4.79 Å². The molecule has 1 amide bonds. The van der Waals surface area contributed by atoms with E-state index in [1.54, 1.807) is 6.92 Å².